The summed E-state index contributed by atoms with van der Waals surface area (Å²) in [5.74, 6) is 1.72. The topological polar surface area (TPSA) is 38.8 Å². The van der Waals surface area contributed by atoms with Gasteiger partial charge in [0.15, 0.2) is 11.5 Å². The van der Waals surface area contributed by atoms with E-state index in [0.717, 1.165) is 59.6 Å². The van der Waals surface area contributed by atoms with E-state index in [1.165, 1.54) is 0 Å². The van der Waals surface area contributed by atoms with Gasteiger partial charge in [0.25, 0.3) is 5.91 Å². The molecule has 0 N–H and O–H groups in total. The van der Waals surface area contributed by atoms with Crippen molar-refractivity contribution in [1.29, 1.82) is 0 Å². The number of carbonyl (C=O) groups excluding carboxylic acids is 1. The minimum Gasteiger partial charge on any atom is -0.490 e. The smallest absolute Gasteiger partial charge is 0.254 e. The van der Waals surface area contributed by atoms with Gasteiger partial charge in [-0.05, 0) is 56.5 Å². The van der Waals surface area contributed by atoms with Crippen molar-refractivity contribution >= 4 is 5.91 Å². The predicted octanol–water partition coefficient (Wildman–Crippen LogP) is 4.44. The van der Waals surface area contributed by atoms with Gasteiger partial charge in [-0.1, -0.05) is 23.3 Å². The van der Waals surface area contributed by atoms with Gasteiger partial charge in [0, 0.05) is 18.5 Å². The van der Waals surface area contributed by atoms with E-state index in [4.69, 9.17) is 9.47 Å². The molecule has 4 rings (SSSR count). The Kier molecular flexibility index (Phi) is 4.58. The number of nitrogens with zero attached hydrogens (tertiary/aromatic N) is 1. The number of benzene rings is 2. The highest BCUT2D eigenvalue weighted by molar-refractivity contribution is 5.95. The third kappa shape index (κ3) is 3.28. The maximum atomic E-state index is 13.1. The highest BCUT2D eigenvalue weighted by Crippen LogP contribution is 2.38. The van der Waals surface area contributed by atoms with Crippen LogP contribution in [-0.2, 0) is 0 Å². The largest absolute Gasteiger partial charge is 0.490 e. The first-order chi connectivity index (χ1) is 12.6. The van der Waals surface area contributed by atoms with Crippen LogP contribution in [0.15, 0.2) is 36.4 Å². The summed E-state index contributed by atoms with van der Waals surface area (Å²) >= 11 is 0. The minimum absolute atomic E-state index is 0.0977. The first-order valence-electron chi connectivity index (χ1n) is 9.40. The van der Waals surface area contributed by atoms with E-state index in [0.29, 0.717) is 13.2 Å². The van der Waals surface area contributed by atoms with Crippen molar-refractivity contribution in [2.24, 2.45) is 0 Å². The maximum Gasteiger partial charge on any atom is 0.254 e. The summed E-state index contributed by atoms with van der Waals surface area (Å²) in [6.07, 6.45) is 2.90. The number of ether oxygens (including phenoxy) is 2. The van der Waals surface area contributed by atoms with E-state index >= 15 is 0 Å². The Morgan fingerprint density at radius 1 is 0.962 bits per heavy atom. The van der Waals surface area contributed by atoms with Crippen molar-refractivity contribution in [3.05, 3.63) is 58.7 Å². The number of carbonyl (C=O) groups is 1. The van der Waals surface area contributed by atoms with Crippen LogP contribution in [0.4, 0.5) is 0 Å². The minimum atomic E-state index is 0.0977. The third-order valence-corrected chi connectivity index (χ3v) is 5.14. The molecule has 0 bridgehead atoms. The monoisotopic (exact) mass is 351 g/mol. The zero-order valence-electron chi connectivity index (χ0n) is 15.5. The van der Waals surface area contributed by atoms with Crippen molar-refractivity contribution in [3.8, 4) is 11.5 Å². The van der Waals surface area contributed by atoms with Crippen molar-refractivity contribution < 1.29 is 14.3 Å². The van der Waals surface area contributed by atoms with Crippen LogP contribution in [0.5, 0.6) is 11.5 Å². The molecule has 136 valence electrons. The highest BCUT2D eigenvalue weighted by Gasteiger charge is 2.31. The van der Waals surface area contributed by atoms with E-state index in [-0.39, 0.29) is 11.9 Å². The zero-order valence-corrected chi connectivity index (χ0v) is 15.5. The molecular weight excluding hydrogens is 326 g/mol. The summed E-state index contributed by atoms with van der Waals surface area (Å²) in [6, 6.07) is 12.3. The number of fused-ring (bicyclic) bond motifs is 1. The second-order valence-corrected chi connectivity index (χ2v) is 7.29. The van der Waals surface area contributed by atoms with E-state index in [1.807, 2.05) is 36.9 Å². The van der Waals surface area contributed by atoms with Crippen LogP contribution in [0.1, 0.15) is 52.4 Å². The number of amides is 1. The Labute approximate surface area is 154 Å². The molecule has 2 aliphatic heterocycles. The van der Waals surface area contributed by atoms with Crippen LogP contribution < -0.4 is 9.47 Å². The van der Waals surface area contributed by atoms with Crippen LogP contribution in [0.25, 0.3) is 0 Å². The van der Waals surface area contributed by atoms with E-state index < -0.39 is 0 Å². The fourth-order valence-corrected chi connectivity index (χ4v) is 4.01. The molecule has 2 aromatic rings. The van der Waals surface area contributed by atoms with Crippen molar-refractivity contribution in [3.63, 3.8) is 0 Å². The summed E-state index contributed by atoms with van der Waals surface area (Å²) in [5, 5.41) is 0. The van der Waals surface area contributed by atoms with Gasteiger partial charge in [-0.2, -0.15) is 0 Å². The lowest BCUT2D eigenvalue weighted by molar-refractivity contribution is 0.0735. The zero-order chi connectivity index (χ0) is 18.1. The Bertz CT molecular complexity index is 810. The van der Waals surface area contributed by atoms with Crippen LogP contribution >= 0.6 is 0 Å². The number of hydrogen-bond acceptors (Lipinski definition) is 3. The van der Waals surface area contributed by atoms with E-state index in [1.54, 1.807) is 0 Å². The molecule has 1 saturated heterocycles. The summed E-state index contributed by atoms with van der Waals surface area (Å²) in [7, 11) is 0. The summed E-state index contributed by atoms with van der Waals surface area (Å²) < 4.78 is 11.6. The number of aryl methyl sites for hydroxylation is 2. The summed E-state index contributed by atoms with van der Waals surface area (Å²) in [6.45, 7) is 6.23. The maximum absolute atomic E-state index is 13.1. The van der Waals surface area contributed by atoms with Gasteiger partial charge in [-0.25, -0.2) is 0 Å². The molecule has 0 aliphatic carbocycles. The molecule has 1 amide bonds. The van der Waals surface area contributed by atoms with Crippen LogP contribution in [0.3, 0.4) is 0 Å². The van der Waals surface area contributed by atoms with Gasteiger partial charge in [0.2, 0.25) is 0 Å². The average Bonchev–Trinajstić information content (AvgIpc) is 2.98. The molecule has 2 aromatic carbocycles. The fraction of sp³-hybridized carbons (Fsp3) is 0.409. The van der Waals surface area contributed by atoms with Gasteiger partial charge in [-0.3, -0.25) is 4.79 Å². The average molecular weight is 351 g/mol. The molecule has 4 nitrogen and oxygen atoms in total. The highest BCUT2D eigenvalue weighted by atomic mass is 16.5. The van der Waals surface area contributed by atoms with Gasteiger partial charge in [-0.15, -0.1) is 0 Å². The normalized spacial score (nSPS) is 19.3. The first-order valence-corrected chi connectivity index (χ1v) is 9.40. The van der Waals surface area contributed by atoms with Crippen molar-refractivity contribution in [2.75, 3.05) is 19.8 Å². The van der Waals surface area contributed by atoms with Crippen molar-refractivity contribution in [1.82, 2.24) is 4.90 Å². The molecule has 0 spiro atoms. The number of hydrogen-bond donors (Lipinski definition) is 0. The Balaban J connectivity index is 1.62. The van der Waals surface area contributed by atoms with Crippen LogP contribution in [0.2, 0.25) is 0 Å². The van der Waals surface area contributed by atoms with Crippen LogP contribution in [0, 0.1) is 13.8 Å². The molecule has 0 unspecified atom stereocenters. The lowest BCUT2D eigenvalue weighted by atomic mass is 10.0. The van der Waals surface area contributed by atoms with Crippen molar-refractivity contribution in [2.45, 2.75) is 39.2 Å². The van der Waals surface area contributed by atoms with Gasteiger partial charge in [0.05, 0.1) is 19.3 Å². The molecule has 0 saturated carbocycles. The number of likely N-dealkylation sites (tertiary alicyclic amines) is 1. The van der Waals surface area contributed by atoms with Gasteiger partial charge in [0.1, 0.15) is 0 Å². The van der Waals surface area contributed by atoms with E-state index in [2.05, 4.69) is 18.2 Å². The molecule has 0 aromatic heterocycles. The predicted molar refractivity (Wildman–Crippen MR) is 101 cm³/mol. The molecule has 2 heterocycles. The lowest BCUT2D eigenvalue weighted by Crippen LogP contribution is -2.30. The Hall–Kier alpha value is -2.49. The Morgan fingerprint density at radius 2 is 1.69 bits per heavy atom. The molecule has 1 fully saturated rings. The second kappa shape index (κ2) is 7.02. The number of rotatable bonds is 2. The second-order valence-electron chi connectivity index (χ2n) is 7.29. The van der Waals surface area contributed by atoms with Gasteiger partial charge >= 0.3 is 0 Å². The molecule has 0 radical (unpaired) electrons. The quantitative estimate of drug-likeness (QED) is 0.803. The summed E-state index contributed by atoms with van der Waals surface area (Å²) in [5.41, 5.74) is 4.16. The summed E-state index contributed by atoms with van der Waals surface area (Å²) in [4.78, 5) is 15.2. The molecule has 1 atom stereocenters. The molecule has 26 heavy (non-hydrogen) atoms. The van der Waals surface area contributed by atoms with Gasteiger partial charge < -0.3 is 14.4 Å². The molecule has 4 heteroatoms. The third-order valence-electron chi connectivity index (χ3n) is 5.14. The first kappa shape index (κ1) is 17.0. The van der Waals surface area contributed by atoms with E-state index in [9.17, 15) is 4.79 Å². The lowest BCUT2D eigenvalue weighted by Gasteiger charge is -2.26. The SMILES string of the molecule is Cc1cc(C)cc(C(=O)N2CCC[C@@H]2c2ccc3c(c2)OCCCO3)c1. The Morgan fingerprint density at radius 3 is 2.46 bits per heavy atom. The fourth-order valence-electron chi connectivity index (χ4n) is 4.01. The van der Waals surface area contributed by atoms with Crippen LogP contribution in [-0.4, -0.2) is 30.6 Å². The molecular formula is C22H25NO3. The molecule has 2 aliphatic rings. The standard InChI is InChI=1S/C22H25NO3/c1-15-11-16(2)13-18(12-15)22(24)23-8-3-5-19(23)17-6-7-20-21(14-17)26-10-4-9-25-20/h6-7,11-14,19H,3-5,8-10H2,1-2H3/t19-/m1/s1.